The van der Waals surface area contributed by atoms with Gasteiger partial charge in [0, 0.05) is 43.4 Å². The normalized spacial score (nSPS) is 10.7. The summed E-state index contributed by atoms with van der Waals surface area (Å²) in [5, 5.41) is 5.79. The van der Waals surface area contributed by atoms with Gasteiger partial charge in [-0.1, -0.05) is 13.8 Å². The zero-order valence-corrected chi connectivity index (χ0v) is 18.1. The number of hydrogen-bond acceptors (Lipinski definition) is 4. The summed E-state index contributed by atoms with van der Waals surface area (Å²) >= 11 is 0. The number of carbonyl (C=O) groups excluding carboxylic acids is 2. The average molecular weight is 397 g/mol. The van der Waals surface area contributed by atoms with Gasteiger partial charge in [0.1, 0.15) is 0 Å². The van der Waals surface area contributed by atoms with E-state index < -0.39 is 0 Å². The van der Waals surface area contributed by atoms with Gasteiger partial charge in [0.25, 0.3) is 11.8 Å². The van der Waals surface area contributed by atoms with Gasteiger partial charge >= 0.3 is 0 Å². The fourth-order valence-electron chi connectivity index (χ4n) is 3.03. The summed E-state index contributed by atoms with van der Waals surface area (Å²) in [5.41, 5.74) is 3.60. The first-order chi connectivity index (χ1) is 13.8. The topological polar surface area (TPSA) is 74.3 Å². The molecule has 0 aliphatic rings. The van der Waals surface area contributed by atoms with Crippen LogP contribution in [-0.4, -0.2) is 36.4 Å². The third kappa shape index (κ3) is 6.31. The van der Waals surface area contributed by atoms with Crippen LogP contribution in [0.4, 0.5) is 11.4 Å². The van der Waals surface area contributed by atoms with Crippen LogP contribution >= 0.6 is 0 Å². The van der Waals surface area contributed by atoms with Gasteiger partial charge in [-0.25, -0.2) is 0 Å². The van der Waals surface area contributed by atoms with Crippen LogP contribution in [0.1, 0.15) is 60.4 Å². The second kappa shape index (κ2) is 10.6. The van der Waals surface area contributed by atoms with E-state index in [9.17, 15) is 9.59 Å². The van der Waals surface area contributed by atoms with E-state index in [1.807, 2.05) is 19.1 Å². The Morgan fingerprint density at radius 2 is 1.69 bits per heavy atom. The van der Waals surface area contributed by atoms with Crippen LogP contribution in [0.15, 0.2) is 36.7 Å². The van der Waals surface area contributed by atoms with E-state index in [-0.39, 0.29) is 11.8 Å². The maximum absolute atomic E-state index is 12.7. The molecule has 0 unspecified atom stereocenters. The molecule has 1 aromatic carbocycles. The summed E-state index contributed by atoms with van der Waals surface area (Å²) in [7, 11) is 0. The van der Waals surface area contributed by atoms with Crippen molar-refractivity contribution in [1.29, 1.82) is 0 Å². The fraction of sp³-hybridized carbons (Fsp3) is 0.435. The number of nitrogens with zero attached hydrogens (tertiary/aromatic N) is 2. The number of anilines is 2. The lowest BCUT2D eigenvalue weighted by atomic mass is 10.1. The summed E-state index contributed by atoms with van der Waals surface area (Å²) in [4.78, 5) is 31.3. The Bertz CT molecular complexity index is 845. The third-order valence-corrected chi connectivity index (χ3v) is 4.86. The first kappa shape index (κ1) is 22.4. The highest BCUT2D eigenvalue weighted by Crippen LogP contribution is 2.23. The minimum atomic E-state index is -0.284. The second-order valence-electron chi connectivity index (χ2n) is 7.53. The molecule has 0 fully saturated rings. The van der Waals surface area contributed by atoms with Gasteiger partial charge in [0.05, 0.1) is 11.1 Å². The minimum absolute atomic E-state index is 0.215. The Kier molecular flexibility index (Phi) is 8.19. The molecule has 29 heavy (non-hydrogen) atoms. The van der Waals surface area contributed by atoms with Crippen LogP contribution in [0, 0.1) is 12.8 Å². The molecule has 0 radical (unpaired) electrons. The van der Waals surface area contributed by atoms with Crippen LogP contribution < -0.4 is 15.5 Å². The number of nitrogens with one attached hydrogen (secondary N) is 2. The lowest BCUT2D eigenvalue weighted by molar-refractivity contribution is 0.0951. The molecule has 0 saturated heterocycles. The van der Waals surface area contributed by atoms with Crippen LogP contribution in [0.3, 0.4) is 0 Å². The maximum atomic E-state index is 12.7. The van der Waals surface area contributed by atoms with Crippen molar-refractivity contribution in [2.24, 2.45) is 5.92 Å². The predicted molar refractivity (Wildman–Crippen MR) is 119 cm³/mol. The SMILES string of the molecule is CCN(CC)c1ccc(NC(=O)c2cncc(C(=O)NCCC(C)C)c2)c(C)c1. The molecule has 6 nitrogen and oxygen atoms in total. The summed E-state index contributed by atoms with van der Waals surface area (Å²) in [6.45, 7) is 12.9. The third-order valence-electron chi connectivity index (χ3n) is 4.86. The van der Waals surface area contributed by atoms with Crippen LogP contribution in [0.25, 0.3) is 0 Å². The van der Waals surface area contributed by atoms with Crippen molar-refractivity contribution in [3.05, 3.63) is 53.3 Å². The van der Waals surface area contributed by atoms with E-state index in [0.717, 1.165) is 36.4 Å². The maximum Gasteiger partial charge on any atom is 0.257 e. The standard InChI is InChI=1S/C23H32N4O2/c1-6-27(7-2)20-8-9-21(17(5)12-20)26-23(29)19-13-18(14-24-15-19)22(28)25-11-10-16(3)4/h8-9,12-16H,6-7,10-11H2,1-5H3,(H,25,28)(H,26,29). The molecule has 1 aromatic heterocycles. The quantitative estimate of drug-likeness (QED) is 0.664. The predicted octanol–water partition coefficient (Wildman–Crippen LogP) is 4.26. The van der Waals surface area contributed by atoms with Gasteiger partial charge in [-0.2, -0.15) is 0 Å². The number of carbonyl (C=O) groups is 2. The molecule has 0 bridgehead atoms. The average Bonchev–Trinajstić information content (AvgIpc) is 2.70. The molecule has 1 heterocycles. The van der Waals surface area contributed by atoms with Gasteiger partial charge < -0.3 is 15.5 Å². The van der Waals surface area contributed by atoms with E-state index >= 15 is 0 Å². The monoisotopic (exact) mass is 396 g/mol. The number of pyridine rings is 1. The molecular formula is C23H32N4O2. The molecule has 0 aliphatic carbocycles. The molecule has 2 rings (SSSR count). The number of amides is 2. The Morgan fingerprint density at radius 3 is 2.28 bits per heavy atom. The molecule has 156 valence electrons. The first-order valence-corrected chi connectivity index (χ1v) is 10.3. The highest BCUT2D eigenvalue weighted by atomic mass is 16.2. The van der Waals surface area contributed by atoms with Gasteiger partial charge in [0.2, 0.25) is 0 Å². The van der Waals surface area contributed by atoms with Crippen molar-refractivity contribution in [3.8, 4) is 0 Å². The van der Waals surface area contributed by atoms with Crippen molar-refractivity contribution < 1.29 is 9.59 Å². The lowest BCUT2D eigenvalue weighted by Crippen LogP contribution is -2.26. The molecular weight excluding hydrogens is 364 g/mol. The molecule has 0 saturated carbocycles. The van der Waals surface area contributed by atoms with Crippen LogP contribution in [0.5, 0.6) is 0 Å². The van der Waals surface area contributed by atoms with Gasteiger partial charge in [-0.05, 0) is 62.9 Å². The Labute approximate surface area is 173 Å². The molecule has 0 aliphatic heterocycles. The van der Waals surface area contributed by atoms with Gasteiger partial charge in [-0.15, -0.1) is 0 Å². The Hall–Kier alpha value is -2.89. The summed E-state index contributed by atoms with van der Waals surface area (Å²) in [6.07, 6.45) is 3.85. The van der Waals surface area contributed by atoms with E-state index in [1.54, 1.807) is 6.07 Å². The van der Waals surface area contributed by atoms with E-state index in [2.05, 4.69) is 54.3 Å². The smallest absolute Gasteiger partial charge is 0.257 e. The molecule has 2 aromatic rings. The van der Waals surface area contributed by atoms with Gasteiger partial charge in [-0.3, -0.25) is 14.6 Å². The highest BCUT2D eigenvalue weighted by Gasteiger charge is 2.13. The summed E-state index contributed by atoms with van der Waals surface area (Å²) in [6, 6.07) is 7.56. The van der Waals surface area contributed by atoms with E-state index in [1.165, 1.54) is 12.4 Å². The van der Waals surface area contributed by atoms with Crippen molar-refractivity contribution in [2.75, 3.05) is 29.9 Å². The largest absolute Gasteiger partial charge is 0.372 e. The van der Waals surface area contributed by atoms with E-state index in [0.29, 0.717) is 23.6 Å². The Balaban J connectivity index is 2.08. The lowest BCUT2D eigenvalue weighted by Gasteiger charge is -2.22. The van der Waals surface area contributed by atoms with Crippen LogP contribution in [0.2, 0.25) is 0 Å². The summed E-state index contributed by atoms with van der Waals surface area (Å²) < 4.78 is 0. The summed E-state index contributed by atoms with van der Waals surface area (Å²) in [5.74, 6) is 0.0162. The van der Waals surface area contributed by atoms with Crippen molar-refractivity contribution in [3.63, 3.8) is 0 Å². The number of aromatic nitrogens is 1. The molecule has 0 spiro atoms. The number of rotatable bonds is 9. The molecule has 6 heteroatoms. The molecule has 0 atom stereocenters. The first-order valence-electron chi connectivity index (χ1n) is 10.3. The fourth-order valence-corrected chi connectivity index (χ4v) is 3.03. The van der Waals surface area contributed by atoms with Crippen molar-refractivity contribution >= 4 is 23.2 Å². The van der Waals surface area contributed by atoms with Crippen molar-refractivity contribution in [1.82, 2.24) is 10.3 Å². The van der Waals surface area contributed by atoms with Gasteiger partial charge in [0.15, 0.2) is 0 Å². The molecule has 2 amide bonds. The number of benzene rings is 1. The highest BCUT2D eigenvalue weighted by molar-refractivity contribution is 6.06. The Morgan fingerprint density at radius 1 is 1.03 bits per heavy atom. The molecule has 2 N–H and O–H groups in total. The van der Waals surface area contributed by atoms with Crippen LogP contribution in [-0.2, 0) is 0 Å². The zero-order chi connectivity index (χ0) is 21.4. The van der Waals surface area contributed by atoms with E-state index in [4.69, 9.17) is 0 Å². The number of hydrogen-bond donors (Lipinski definition) is 2. The minimum Gasteiger partial charge on any atom is -0.372 e. The zero-order valence-electron chi connectivity index (χ0n) is 18.1. The number of aryl methyl sites for hydroxylation is 1. The second-order valence-corrected chi connectivity index (χ2v) is 7.53. The van der Waals surface area contributed by atoms with Crippen molar-refractivity contribution in [2.45, 2.75) is 41.0 Å².